The van der Waals surface area contributed by atoms with Crippen LogP contribution >= 0.6 is 0 Å². The van der Waals surface area contributed by atoms with Crippen LogP contribution in [0.15, 0.2) is 140 Å². The molecule has 51 heavy (non-hydrogen) atoms. The van der Waals surface area contributed by atoms with Crippen LogP contribution in [-0.2, 0) is 34.3 Å². The molecular formula is C44H39N3O4. The van der Waals surface area contributed by atoms with Crippen molar-refractivity contribution < 1.29 is 19.4 Å². The van der Waals surface area contributed by atoms with Gasteiger partial charge in [-0.1, -0.05) is 140 Å². The summed E-state index contributed by atoms with van der Waals surface area (Å²) in [5, 5.41) is 18.4. The maximum absolute atomic E-state index is 13.3. The van der Waals surface area contributed by atoms with Gasteiger partial charge in [-0.05, 0) is 70.2 Å². The lowest BCUT2D eigenvalue weighted by atomic mass is 9.76. The second-order valence-electron chi connectivity index (χ2n) is 13.4. The highest BCUT2D eigenvalue weighted by atomic mass is 16.5. The number of hydrogen-bond acceptors (Lipinski definition) is 4. The molecule has 0 saturated carbocycles. The summed E-state index contributed by atoms with van der Waals surface area (Å²) in [6.45, 7) is 0.101. The number of ether oxygens (including phenoxy) is 1. The summed E-state index contributed by atoms with van der Waals surface area (Å²) in [4.78, 5) is 26.1. The van der Waals surface area contributed by atoms with E-state index in [1.807, 2.05) is 78.9 Å². The number of fused-ring (bicyclic) bond motifs is 4. The summed E-state index contributed by atoms with van der Waals surface area (Å²) in [5.74, 6) is -1.26. The van der Waals surface area contributed by atoms with Crippen LogP contribution in [0.25, 0.3) is 11.1 Å². The Morgan fingerprint density at radius 3 is 1.75 bits per heavy atom. The normalized spacial score (nSPS) is 14.2. The zero-order chi connectivity index (χ0) is 34.8. The highest BCUT2D eigenvalue weighted by Gasteiger charge is 2.42. The van der Waals surface area contributed by atoms with Crippen LogP contribution in [0, 0.1) is 0 Å². The van der Waals surface area contributed by atoms with Crippen LogP contribution in [0.5, 0.6) is 0 Å². The molecule has 7 nitrogen and oxygen atoms in total. The highest BCUT2D eigenvalue weighted by molar-refractivity contribution is 5.81. The predicted octanol–water partition coefficient (Wildman–Crippen LogP) is 8.14. The van der Waals surface area contributed by atoms with E-state index in [1.165, 1.54) is 0 Å². The summed E-state index contributed by atoms with van der Waals surface area (Å²) in [6, 6.07) is 46.2. The van der Waals surface area contributed by atoms with Gasteiger partial charge in [0, 0.05) is 18.0 Å². The molecule has 2 aliphatic carbocycles. The molecule has 6 aromatic rings. The number of rotatable bonds is 10. The molecule has 5 aromatic carbocycles. The van der Waals surface area contributed by atoms with E-state index in [0.29, 0.717) is 5.69 Å². The molecule has 0 unspecified atom stereocenters. The number of benzene rings is 5. The molecule has 254 valence electrons. The molecule has 1 aromatic heterocycles. The molecule has 0 aliphatic heterocycles. The summed E-state index contributed by atoms with van der Waals surface area (Å²) in [6.07, 6.45) is 2.86. The van der Waals surface area contributed by atoms with Crippen LogP contribution in [0.1, 0.15) is 63.5 Å². The molecule has 1 heterocycles. The second-order valence-corrected chi connectivity index (χ2v) is 13.4. The molecule has 1 amide bonds. The van der Waals surface area contributed by atoms with Crippen molar-refractivity contribution in [1.82, 2.24) is 15.1 Å². The Morgan fingerprint density at radius 1 is 0.725 bits per heavy atom. The largest absolute Gasteiger partial charge is 0.480 e. The van der Waals surface area contributed by atoms with E-state index in [4.69, 9.17) is 9.84 Å². The van der Waals surface area contributed by atoms with E-state index in [-0.39, 0.29) is 18.9 Å². The van der Waals surface area contributed by atoms with Crippen molar-refractivity contribution in [2.45, 2.75) is 49.6 Å². The Labute approximate surface area is 297 Å². The lowest BCUT2D eigenvalue weighted by molar-refractivity contribution is -0.139. The van der Waals surface area contributed by atoms with Gasteiger partial charge >= 0.3 is 12.1 Å². The van der Waals surface area contributed by atoms with Gasteiger partial charge in [0.1, 0.15) is 18.2 Å². The highest BCUT2D eigenvalue weighted by Crippen LogP contribution is 2.45. The van der Waals surface area contributed by atoms with E-state index in [2.05, 4.69) is 70.7 Å². The van der Waals surface area contributed by atoms with Crippen molar-refractivity contribution in [2.75, 3.05) is 6.61 Å². The number of carboxylic acids is 1. The molecule has 0 spiro atoms. The van der Waals surface area contributed by atoms with E-state index in [0.717, 1.165) is 75.9 Å². The lowest BCUT2D eigenvalue weighted by Crippen LogP contribution is -2.43. The molecule has 1 atom stereocenters. The summed E-state index contributed by atoms with van der Waals surface area (Å²) in [7, 11) is 0. The van der Waals surface area contributed by atoms with Gasteiger partial charge in [-0.25, -0.2) is 14.3 Å². The number of carboxylic acid groups (broad SMARTS) is 1. The monoisotopic (exact) mass is 673 g/mol. The number of aromatic nitrogens is 2. The van der Waals surface area contributed by atoms with Crippen LogP contribution in [-0.4, -0.2) is 39.6 Å². The maximum Gasteiger partial charge on any atom is 0.407 e. The van der Waals surface area contributed by atoms with Crippen molar-refractivity contribution in [1.29, 1.82) is 0 Å². The smallest absolute Gasteiger partial charge is 0.407 e. The minimum atomic E-state index is -1.23. The first kappa shape index (κ1) is 32.3. The van der Waals surface area contributed by atoms with Crippen molar-refractivity contribution >= 4 is 12.1 Å². The van der Waals surface area contributed by atoms with Crippen molar-refractivity contribution in [3.05, 3.63) is 184 Å². The topological polar surface area (TPSA) is 93.5 Å². The van der Waals surface area contributed by atoms with E-state index in [9.17, 15) is 14.7 Å². The standard InChI is InChI=1S/C44H39N3O4/c48-42(49)40(45-43(50)51-29-38-35-24-12-10-22-33(35)34-23-11-13-25-36(34)38)28-39-37-26-14-15-27-41(37)47(46-39)44(30-16-4-1-5-17-30,31-18-6-2-7-19-31)32-20-8-3-9-21-32/h1-13,16-25,38,40H,14-15,26-29H2,(H,45,50)(H,48,49)/t40-/m0/s1. The second kappa shape index (κ2) is 13.8. The van der Waals surface area contributed by atoms with Crippen LogP contribution in [0.4, 0.5) is 4.79 Å². The van der Waals surface area contributed by atoms with E-state index in [1.54, 1.807) is 0 Å². The quantitative estimate of drug-likeness (QED) is 0.143. The van der Waals surface area contributed by atoms with Gasteiger partial charge in [0.25, 0.3) is 0 Å². The van der Waals surface area contributed by atoms with Crippen LogP contribution < -0.4 is 5.32 Å². The number of nitrogens with one attached hydrogen (secondary N) is 1. The van der Waals surface area contributed by atoms with Gasteiger partial charge < -0.3 is 15.2 Å². The first-order chi connectivity index (χ1) is 25.1. The average Bonchev–Trinajstić information content (AvgIpc) is 3.71. The number of nitrogens with zero attached hydrogens (tertiary/aromatic N) is 2. The molecule has 2 aliphatic rings. The summed E-state index contributed by atoms with van der Waals surface area (Å²) in [5.41, 5.74) is 9.63. The number of aliphatic carboxylic acids is 1. The number of hydrogen-bond donors (Lipinski definition) is 2. The molecule has 0 bridgehead atoms. The molecule has 2 N–H and O–H groups in total. The third-order valence-corrected chi connectivity index (χ3v) is 10.5. The van der Waals surface area contributed by atoms with Crippen LogP contribution in [0.2, 0.25) is 0 Å². The first-order valence-corrected chi connectivity index (χ1v) is 17.7. The zero-order valence-corrected chi connectivity index (χ0v) is 28.2. The minimum Gasteiger partial charge on any atom is -0.480 e. The van der Waals surface area contributed by atoms with Gasteiger partial charge in [-0.2, -0.15) is 5.10 Å². The Kier molecular flexibility index (Phi) is 8.70. The zero-order valence-electron chi connectivity index (χ0n) is 28.2. The SMILES string of the molecule is O=C(N[C@@H](Cc1nn(C(c2ccccc2)(c2ccccc2)c2ccccc2)c2c1CCCC2)C(=O)O)OCC1c2ccccc2-c2ccccc21. The Bertz CT molecular complexity index is 2040. The number of carbonyl (C=O) groups is 2. The van der Waals surface area contributed by atoms with Gasteiger partial charge in [0.15, 0.2) is 0 Å². The van der Waals surface area contributed by atoms with E-state index >= 15 is 0 Å². The number of alkyl carbamates (subject to hydrolysis) is 1. The average molecular weight is 674 g/mol. The summed E-state index contributed by atoms with van der Waals surface area (Å²) >= 11 is 0. The van der Waals surface area contributed by atoms with Gasteiger partial charge in [0.2, 0.25) is 0 Å². The van der Waals surface area contributed by atoms with Crippen molar-refractivity contribution in [3.63, 3.8) is 0 Å². The third-order valence-electron chi connectivity index (χ3n) is 10.5. The van der Waals surface area contributed by atoms with E-state index < -0.39 is 23.6 Å². The Hall–Kier alpha value is -5.95. The minimum absolute atomic E-state index is 0.0311. The summed E-state index contributed by atoms with van der Waals surface area (Å²) < 4.78 is 7.91. The maximum atomic E-state index is 13.3. The van der Waals surface area contributed by atoms with Crippen LogP contribution in [0.3, 0.4) is 0 Å². The van der Waals surface area contributed by atoms with Crippen molar-refractivity contribution in [2.24, 2.45) is 0 Å². The fraction of sp³-hybridized carbons (Fsp3) is 0.205. The molecule has 0 fully saturated rings. The molecular weight excluding hydrogens is 635 g/mol. The first-order valence-electron chi connectivity index (χ1n) is 17.7. The fourth-order valence-electron chi connectivity index (χ4n) is 8.20. The molecule has 0 radical (unpaired) electrons. The van der Waals surface area contributed by atoms with Gasteiger partial charge in [-0.15, -0.1) is 0 Å². The predicted molar refractivity (Wildman–Crippen MR) is 197 cm³/mol. The lowest BCUT2D eigenvalue weighted by Gasteiger charge is -2.38. The fourth-order valence-corrected chi connectivity index (χ4v) is 8.20. The number of amides is 1. The molecule has 8 rings (SSSR count). The Balaban J connectivity index is 1.13. The van der Waals surface area contributed by atoms with Gasteiger partial charge in [-0.3, -0.25) is 0 Å². The van der Waals surface area contributed by atoms with Gasteiger partial charge in [0.05, 0.1) is 5.69 Å². The molecule has 7 heteroatoms. The molecule has 0 saturated heterocycles. The van der Waals surface area contributed by atoms with Crippen molar-refractivity contribution in [3.8, 4) is 11.1 Å². The number of carbonyl (C=O) groups excluding carboxylic acids is 1. The Morgan fingerprint density at radius 2 is 1.22 bits per heavy atom. The third kappa shape index (κ3) is 5.78.